The average molecular weight is 232 g/mol. The summed E-state index contributed by atoms with van der Waals surface area (Å²) < 4.78 is 30.2. The summed E-state index contributed by atoms with van der Waals surface area (Å²) >= 11 is 0. The standard InChI is InChI=1S/C9H10F2N2O3/c1-16-7-4(9(14)15)3-13-5(2-12)6(7)8(10)11/h3,8H,2,12H2,1H3,(H,14,15). The number of rotatable bonds is 4. The molecule has 16 heavy (non-hydrogen) atoms. The molecule has 7 heteroatoms. The smallest absolute Gasteiger partial charge is 0.341 e. The van der Waals surface area contributed by atoms with Crippen molar-refractivity contribution in [2.24, 2.45) is 5.73 Å². The maximum absolute atomic E-state index is 12.7. The van der Waals surface area contributed by atoms with Crippen LogP contribution in [-0.4, -0.2) is 23.2 Å². The Labute approximate surface area is 89.9 Å². The van der Waals surface area contributed by atoms with Crippen molar-refractivity contribution < 1.29 is 23.4 Å². The number of halogens is 2. The lowest BCUT2D eigenvalue weighted by Gasteiger charge is -2.13. The Balaban J connectivity index is 3.49. The molecule has 1 aromatic heterocycles. The van der Waals surface area contributed by atoms with Crippen LogP contribution >= 0.6 is 0 Å². The molecule has 0 atom stereocenters. The van der Waals surface area contributed by atoms with Gasteiger partial charge in [0.1, 0.15) is 11.3 Å². The number of ether oxygens (including phenoxy) is 1. The van der Waals surface area contributed by atoms with E-state index in [-0.39, 0.29) is 12.2 Å². The highest BCUT2D eigenvalue weighted by Crippen LogP contribution is 2.33. The number of methoxy groups -OCH3 is 1. The van der Waals surface area contributed by atoms with Crippen molar-refractivity contribution in [2.45, 2.75) is 13.0 Å². The first-order valence-corrected chi connectivity index (χ1v) is 4.30. The third-order valence-corrected chi connectivity index (χ3v) is 2.00. The third kappa shape index (κ3) is 2.08. The van der Waals surface area contributed by atoms with Crippen LogP contribution in [-0.2, 0) is 6.54 Å². The number of hydrogen-bond acceptors (Lipinski definition) is 4. The van der Waals surface area contributed by atoms with E-state index in [1.165, 1.54) is 0 Å². The molecule has 0 aromatic carbocycles. The fourth-order valence-corrected chi connectivity index (χ4v) is 1.31. The zero-order chi connectivity index (χ0) is 12.3. The predicted octanol–water partition coefficient (Wildman–Crippen LogP) is 1.18. The molecule has 0 saturated carbocycles. The monoisotopic (exact) mass is 232 g/mol. The maximum atomic E-state index is 12.7. The van der Waals surface area contributed by atoms with Crippen molar-refractivity contribution in [3.05, 3.63) is 23.0 Å². The highest BCUT2D eigenvalue weighted by atomic mass is 19.3. The molecule has 1 rings (SSSR count). The molecule has 1 heterocycles. The predicted molar refractivity (Wildman–Crippen MR) is 50.6 cm³/mol. The van der Waals surface area contributed by atoms with Gasteiger partial charge in [-0.05, 0) is 0 Å². The minimum Gasteiger partial charge on any atom is -0.495 e. The summed E-state index contributed by atoms with van der Waals surface area (Å²) in [6.07, 6.45) is -1.94. The molecule has 1 aromatic rings. The van der Waals surface area contributed by atoms with Crippen LogP contribution in [0.3, 0.4) is 0 Å². The van der Waals surface area contributed by atoms with E-state index in [2.05, 4.69) is 9.72 Å². The van der Waals surface area contributed by atoms with E-state index in [4.69, 9.17) is 10.8 Å². The minimum absolute atomic E-state index is 0.0724. The van der Waals surface area contributed by atoms with Gasteiger partial charge in [0.2, 0.25) is 0 Å². The van der Waals surface area contributed by atoms with E-state index < -0.39 is 29.3 Å². The molecule has 88 valence electrons. The number of hydrogen-bond donors (Lipinski definition) is 2. The lowest BCUT2D eigenvalue weighted by Crippen LogP contribution is -2.11. The van der Waals surface area contributed by atoms with Gasteiger partial charge < -0.3 is 15.6 Å². The summed E-state index contributed by atoms with van der Waals surface area (Å²) in [5.41, 5.74) is 4.19. The topological polar surface area (TPSA) is 85.4 Å². The second-order valence-electron chi connectivity index (χ2n) is 2.88. The van der Waals surface area contributed by atoms with Gasteiger partial charge in [-0.25, -0.2) is 13.6 Å². The van der Waals surface area contributed by atoms with E-state index >= 15 is 0 Å². The zero-order valence-electron chi connectivity index (χ0n) is 8.41. The quantitative estimate of drug-likeness (QED) is 0.814. The lowest BCUT2D eigenvalue weighted by atomic mass is 10.1. The largest absolute Gasteiger partial charge is 0.495 e. The van der Waals surface area contributed by atoms with Gasteiger partial charge in [-0.3, -0.25) is 4.98 Å². The molecule has 5 nitrogen and oxygen atoms in total. The number of carboxylic acids is 1. The van der Waals surface area contributed by atoms with Crippen LogP contribution in [0.25, 0.3) is 0 Å². The van der Waals surface area contributed by atoms with Gasteiger partial charge in [-0.2, -0.15) is 0 Å². The van der Waals surface area contributed by atoms with Crippen LogP contribution < -0.4 is 10.5 Å². The molecule has 3 N–H and O–H groups in total. The Kier molecular flexibility index (Phi) is 3.73. The summed E-state index contributed by atoms with van der Waals surface area (Å²) in [7, 11) is 1.12. The number of alkyl halides is 2. The highest BCUT2D eigenvalue weighted by molar-refractivity contribution is 5.91. The molecule has 0 saturated heterocycles. The molecule has 0 unspecified atom stereocenters. The summed E-state index contributed by atoms with van der Waals surface area (Å²) in [4.78, 5) is 14.3. The van der Waals surface area contributed by atoms with Crippen LogP contribution in [0.1, 0.15) is 28.0 Å². The first kappa shape index (κ1) is 12.3. The van der Waals surface area contributed by atoms with E-state index in [1.54, 1.807) is 0 Å². The van der Waals surface area contributed by atoms with Crippen LogP contribution in [0.4, 0.5) is 8.78 Å². The van der Waals surface area contributed by atoms with Gasteiger partial charge in [0.25, 0.3) is 6.43 Å². The molecule has 0 fully saturated rings. The SMILES string of the molecule is COc1c(C(=O)O)cnc(CN)c1C(F)F. The Bertz CT molecular complexity index is 410. The van der Waals surface area contributed by atoms with Crippen LogP contribution in [0, 0.1) is 0 Å². The summed E-state index contributed by atoms with van der Waals surface area (Å²) in [5, 5.41) is 8.77. The van der Waals surface area contributed by atoms with Gasteiger partial charge in [0.05, 0.1) is 18.4 Å². The zero-order valence-corrected chi connectivity index (χ0v) is 8.41. The second-order valence-corrected chi connectivity index (χ2v) is 2.88. The normalized spacial score (nSPS) is 10.6. The molecule has 0 aliphatic carbocycles. The summed E-state index contributed by atoms with van der Waals surface area (Å²) in [6.45, 7) is -0.212. The van der Waals surface area contributed by atoms with Gasteiger partial charge in [0.15, 0.2) is 0 Å². The average Bonchev–Trinajstić information content (AvgIpc) is 2.26. The number of aromatic carboxylic acids is 1. The van der Waals surface area contributed by atoms with Gasteiger partial charge >= 0.3 is 5.97 Å². The van der Waals surface area contributed by atoms with E-state index in [0.29, 0.717) is 0 Å². The Morgan fingerprint density at radius 2 is 2.31 bits per heavy atom. The molecule has 0 radical (unpaired) electrons. The molecule has 0 aliphatic heterocycles. The van der Waals surface area contributed by atoms with Gasteiger partial charge in [-0.1, -0.05) is 0 Å². The molecule has 0 bridgehead atoms. The van der Waals surface area contributed by atoms with Crippen molar-refractivity contribution >= 4 is 5.97 Å². The minimum atomic E-state index is -2.89. The van der Waals surface area contributed by atoms with Crippen molar-refractivity contribution in [3.63, 3.8) is 0 Å². The van der Waals surface area contributed by atoms with Crippen molar-refractivity contribution in [3.8, 4) is 5.75 Å². The number of nitrogens with two attached hydrogens (primary N) is 1. The molecule has 0 aliphatic rings. The summed E-state index contributed by atoms with van der Waals surface area (Å²) in [6, 6.07) is 0. The van der Waals surface area contributed by atoms with Crippen molar-refractivity contribution in [1.82, 2.24) is 4.98 Å². The Morgan fingerprint density at radius 1 is 1.69 bits per heavy atom. The first-order valence-electron chi connectivity index (χ1n) is 4.30. The highest BCUT2D eigenvalue weighted by Gasteiger charge is 2.25. The number of pyridine rings is 1. The van der Waals surface area contributed by atoms with Crippen molar-refractivity contribution in [2.75, 3.05) is 7.11 Å². The van der Waals surface area contributed by atoms with Crippen molar-refractivity contribution in [1.29, 1.82) is 0 Å². The molecular weight excluding hydrogens is 222 g/mol. The van der Waals surface area contributed by atoms with E-state index in [9.17, 15) is 13.6 Å². The fourth-order valence-electron chi connectivity index (χ4n) is 1.31. The number of aromatic nitrogens is 1. The maximum Gasteiger partial charge on any atom is 0.341 e. The molecule has 0 spiro atoms. The van der Waals surface area contributed by atoms with Gasteiger partial charge in [-0.15, -0.1) is 0 Å². The van der Waals surface area contributed by atoms with E-state index in [1.807, 2.05) is 0 Å². The van der Waals surface area contributed by atoms with E-state index in [0.717, 1.165) is 13.3 Å². The van der Waals surface area contributed by atoms with Gasteiger partial charge in [0, 0.05) is 12.7 Å². The second kappa shape index (κ2) is 4.84. The number of nitrogens with zero attached hydrogens (tertiary/aromatic N) is 1. The lowest BCUT2D eigenvalue weighted by molar-refractivity contribution is 0.0691. The Morgan fingerprint density at radius 3 is 2.69 bits per heavy atom. The number of carbonyl (C=O) groups is 1. The van der Waals surface area contributed by atoms with Crippen LogP contribution in [0.15, 0.2) is 6.20 Å². The Hall–Kier alpha value is -1.76. The van der Waals surface area contributed by atoms with Crippen LogP contribution in [0.2, 0.25) is 0 Å². The number of carboxylic acid groups (broad SMARTS) is 1. The van der Waals surface area contributed by atoms with Crippen LogP contribution in [0.5, 0.6) is 5.75 Å². The molecular formula is C9H10F2N2O3. The molecule has 0 amide bonds. The fraction of sp³-hybridized carbons (Fsp3) is 0.333. The first-order chi connectivity index (χ1) is 7.52. The third-order valence-electron chi connectivity index (χ3n) is 2.00. The summed E-state index contributed by atoms with van der Waals surface area (Å²) in [5.74, 6) is -1.77.